The van der Waals surface area contributed by atoms with Crippen LogP contribution in [0.4, 0.5) is 0 Å². The quantitative estimate of drug-likeness (QED) is 0.722. The van der Waals surface area contributed by atoms with E-state index in [4.69, 9.17) is 4.74 Å². The van der Waals surface area contributed by atoms with E-state index >= 15 is 0 Å². The van der Waals surface area contributed by atoms with Gasteiger partial charge in [-0.15, -0.1) is 11.3 Å². The third-order valence-corrected chi connectivity index (χ3v) is 6.84. The molecule has 1 aliphatic heterocycles. The summed E-state index contributed by atoms with van der Waals surface area (Å²) in [6.07, 6.45) is 0.536. The van der Waals surface area contributed by atoms with E-state index in [9.17, 15) is 5.11 Å². The van der Waals surface area contributed by atoms with Crippen LogP contribution in [0.25, 0.3) is 10.8 Å². The molecule has 4 heteroatoms. The second-order valence-electron chi connectivity index (χ2n) is 5.92. The summed E-state index contributed by atoms with van der Waals surface area (Å²) in [7, 11) is 0. The fraction of sp³-hybridized carbons (Fsp3) is 0.263. The van der Waals surface area contributed by atoms with Gasteiger partial charge in [0.25, 0.3) is 0 Å². The van der Waals surface area contributed by atoms with Crippen molar-refractivity contribution < 1.29 is 9.84 Å². The van der Waals surface area contributed by atoms with Gasteiger partial charge in [-0.3, -0.25) is 0 Å². The van der Waals surface area contributed by atoms with E-state index in [0.717, 1.165) is 4.88 Å². The van der Waals surface area contributed by atoms with Crippen molar-refractivity contribution in [2.24, 2.45) is 0 Å². The fourth-order valence-corrected chi connectivity index (χ4v) is 5.36. The van der Waals surface area contributed by atoms with Gasteiger partial charge < -0.3 is 9.84 Å². The Morgan fingerprint density at radius 2 is 1.96 bits per heavy atom. The molecule has 2 atom stereocenters. The lowest BCUT2D eigenvalue weighted by molar-refractivity contribution is -0.0290. The molecule has 2 aromatic carbocycles. The Bertz CT molecular complexity index is 842. The predicted octanol–water partition coefficient (Wildman–Crippen LogP) is 5.05. The van der Waals surface area contributed by atoms with Crippen LogP contribution in [0.3, 0.4) is 0 Å². The Kier molecular flexibility index (Phi) is 3.93. The van der Waals surface area contributed by atoms with Gasteiger partial charge >= 0.3 is 0 Å². The number of hydrogen-bond donors (Lipinski definition) is 1. The van der Waals surface area contributed by atoms with Gasteiger partial charge in [0.1, 0.15) is 5.60 Å². The zero-order chi connectivity index (χ0) is 15.9. The van der Waals surface area contributed by atoms with Crippen molar-refractivity contribution >= 4 is 33.9 Å². The average Bonchev–Trinajstić information content (AvgIpc) is 3.16. The van der Waals surface area contributed by atoms with Crippen molar-refractivity contribution in [2.45, 2.75) is 34.2 Å². The van der Waals surface area contributed by atoms with Crippen LogP contribution in [-0.4, -0.2) is 17.8 Å². The minimum atomic E-state index is -0.827. The first-order valence-electron chi connectivity index (χ1n) is 7.76. The number of rotatable bonds is 3. The minimum absolute atomic E-state index is 0.139. The summed E-state index contributed by atoms with van der Waals surface area (Å²) in [5, 5.41) is 13.3. The molecule has 0 saturated carbocycles. The first-order chi connectivity index (χ1) is 11.1. The van der Waals surface area contributed by atoms with Crippen molar-refractivity contribution in [3.8, 4) is 0 Å². The zero-order valence-corrected chi connectivity index (χ0v) is 14.5. The molecule has 1 aliphatic rings. The van der Waals surface area contributed by atoms with Crippen molar-refractivity contribution in [1.82, 2.24) is 0 Å². The van der Waals surface area contributed by atoms with Crippen LogP contribution in [0.5, 0.6) is 0 Å². The Labute approximate surface area is 144 Å². The normalized spacial score (nSPS) is 24.3. The molecule has 2 nitrogen and oxygen atoms in total. The highest BCUT2D eigenvalue weighted by molar-refractivity contribution is 8.01. The molecule has 0 spiro atoms. The Morgan fingerprint density at radius 3 is 2.74 bits per heavy atom. The molecule has 0 amide bonds. The van der Waals surface area contributed by atoms with Crippen LogP contribution in [0, 0.1) is 0 Å². The topological polar surface area (TPSA) is 29.5 Å². The van der Waals surface area contributed by atoms with E-state index < -0.39 is 5.60 Å². The maximum absolute atomic E-state index is 10.8. The van der Waals surface area contributed by atoms with Crippen LogP contribution < -0.4 is 0 Å². The molecule has 118 valence electrons. The third-order valence-electron chi connectivity index (χ3n) is 4.47. The van der Waals surface area contributed by atoms with Gasteiger partial charge in [0, 0.05) is 16.2 Å². The van der Waals surface area contributed by atoms with Gasteiger partial charge in [-0.1, -0.05) is 42.1 Å². The Morgan fingerprint density at radius 1 is 1.13 bits per heavy atom. The summed E-state index contributed by atoms with van der Waals surface area (Å²) < 4.78 is 6.75. The van der Waals surface area contributed by atoms with E-state index in [0.29, 0.717) is 13.0 Å². The van der Waals surface area contributed by atoms with E-state index in [1.165, 1.54) is 19.9 Å². The van der Waals surface area contributed by atoms with Crippen molar-refractivity contribution in [3.05, 3.63) is 59.5 Å². The van der Waals surface area contributed by atoms with Crippen LogP contribution in [0.2, 0.25) is 0 Å². The first kappa shape index (κ1) is 15.2. The van der Waals surface area contributed by atoms with Gasteiger partial charge in [0.15, 0.2) is 0 Å². The number of thiophene rings is 1. The minimum Gasteiger partial charge on any atom is -0.382 e. The smallest absolute Gasteiger partial charge is 0.127 e. The maximum atomic E-state index is 10.8. The Hall–Kier alpha value is -1.33. The number of fused-ring (bicyclic) bond motifs is 1. The van der Waals surface area contributed by atoms with E-state index in [-0.39, 0.29) is 6.10 Å². The summed E-state index contributed by atoms with van der Waals surface area (Å²) in [4.78, 5) is 2.23. The molecule has 2 unspecified atom stereocenters. The second-order valence-corrected chi connectivity index (χ2v) is 8.37. The van der Waals surface area contributed by atoms with Gasteiger partial charge in [0.05, 0.1) is 16.9 Å². The molecule has 1 fully saturated rings. The summed E-state index contributed by atoms with van der Waals surface area (Å²) in [6.45, 7) is 2.57. The SMILES string of the molecule is CC1OCCC1(O)c1ccc(Sc2ccc3ccccc3c2)s1. The molecule has 3 aromatic rings. The number of ether oxygens (including phenoxy) is 1. The second kappa shape index (κ2) is 5.95. The first-order valence-corrected chi connectivity index (χ1v) is 9.39. The summed E-state index contributed by atoms with van der Waals surface area (Å²) in [6, 6.07) is 19.1. The maximum Gasteiger partial charge on any atom is 0.127 e. The molecular weight excluding hydrogens is 324 g/mol. The number of aliphatic hydroxyl groups is 1. The molecule has 23 heavy (non-hydrogen) atoms. The lowest BCUT2D eigenvalue weighted by Gasteiger charge is -2.24. The van der Waals surface area contributed by atoms with Crippen molar-refractivity contribution in [1.29, 1.82) is 0 Å². The van der Waals surface area contributed by atoms with E-state index in [2.05, 4.69) is 48.5 Å². The highest BCUT2D eigenvalue weighted by Crippen LogP contribution is 2.43. The van der Waals surface area contributed by atoms with Crippen LogP contribution >= 0.6 is 23.1 Å². The monoisotopic (exact) mass is 342 g/mol. The van der Waals surface area contributed by atoms with Gasteiger partial charge in [-0.05, 0) is 42.0 Å². The summed E-state index contributed by atoms with van der Waals surface area (Å²) >= 11 is 3.41. The standard InChI is InChI=1S/C19H18O2S2/c1-13-19(20,10-11-21-13)17-8-9-18(23-17)22-16-7-6-14-4-2-3-5-15(14)12-16/h2-9,12-13,20H,10-11H2,1H3. The molecule has 0 radical (unpaired) electrons. The van der Waals surface area contributed by atoms with E-state index in [1.54, 1.807) is 23.1 Å². The molecule has 0 bridgehead atoms. The Balaban J connectivity index is 1.59. The molecule has 2 heterocycles. The fourth-order valence-electron chi connectivity index (χ4n) is 3.01. The predicted molar refractivity (Wildman–Crippen MR) is 96.3 cm³/mol. The largest absolute Gasteiger partial charge is 0.382 e. The van der Waals surface area contributed by atoms with Crippen LogP contribution in [0.15, 0.2) is 63.7 Å². The summed E-state index contributed by atoms with van der Waals surface area (Å²) in [5.41, 5.74) is -0.827. The lowest BCUT2D eigenvalue weighted by Crippen LogP contribution is -2.31. The van der Waals surface area contributed by atoms with Crippen LogP contribution in [-0.2, 0) is 10.3 Å². The highest BCUT2D eigenvalue weighted by atomic mass is 32.2. The third kappa shape index (κ3) is 2.81. The zero-order valence-electron chi connectivity index (χ0n) is 12.9. The van der Waals surface area contributed by atoms with Crippen molar-refractivity contribution in [2.75, 3.05) is 6.61 Å². The molecule has 0 aliphatic carbocycles. The van der Waals surface area contributed by atoms with E-state index in [1.807, 2.05) is 13.0 Å². The number of benzene rings is 2. The van der Waals surface area contributed by atoms with Gasteiger partial charge in [-0.25, -0.2) is 0 Å². The van der Waals surface area contributed by atoms with Gasteiger partial charge in [-0.2, -0.15) is 0 Å². The molecule has 1 N–H and O–H groups in total. The van der Waals surface area contributed by atoms with Gasteiger partial charge in [0.2, 0.25) is 0 Å². The molecule has 4 rings (SSSR count). The lowest BCUT2D eigenvalue weighted by atomic mass is 9.95. The molecular formula is C19H18O2S2. The molecule has 1 aromatic heterocycles. The highest BCUT2D eigenvalue weighted by Gasteiger charge is 2.42. The van der Waals surface area contributed by atoms with Crippen LogP contribution in [0.1, 0.15) is 18.2 Å². The average molecular weight is 342 g/mol. The molecule has 1 saturated heterocycles. The number of hydrogen-bond acceptors (Lipinski definition) is 4. The summed E-state index contributed by atoms with van der Waals surface area (Å²) in [5.74, 6) is 0. The van der Waals surface area contributed by atoms with Crippen molar-refractivity contribution in [3.63, 3.8) is 0 Å².